The van der Waals surface area contributed by atoms with Gasteiger partial charge >= 0.3 is 0 Å². The number of hydrogen-bond donors (Lipinski definition) is 2. The van der Waals surface area contributed by atoms with E-state index in [1.807, 2.05) is 6.07 Å². The zero-order chi connectivity index (χ0) is 10.8. The number of pyridine rings is 1. The van der Waals surface area contributed by atoms with Gasteiger partial charge in [-0.1, -0.05) is 17.4 Å². The molecule has 2 rings (SSSR count). The van der Waals surface area contributed by atoms with Crippen molar-refractivity contribution in [3.8, 4) is 11.4 Å². The van der Waals surface area contributed by atoms with E-state index in [4.69, 9.17) is 11.5 Å². The van der Waals surface area contributed by atoms with E-state index >= 15 is 0 Å². The van der Waals surface area contributed by atoms with Crippen LogP contribution in [0.2, 0.25) is 0 Å². The summed E-state index contributed by atoms with van der Waals surface area (Å²) in [5, 5.41) is 0.310. The molecule has 0 atom stereocenters. The topological polar surface area (TPSA) is 94.9 Å². The van der Waals surface area contributed by atoms with Crippen molar-refractivity contribution in [3.05, 3.63) is 29.3 Å². The molecular formula is C9H8N4OS. The third-order valence-corrected chi connectivity index (χ3v) is 2.67. The van der Waals surface area contributed by atoms with Crippen molar-refractivity contribution in [3.63, 3.8) is 0 Å². The van der Waals surface area contributed by atoms with Gasteiger partial charge in [-0.2, -0.15) is 0 Å². The number of rotatable bonds is 2. The van der Waals surface area contributed by atoms with E-state index in [1.54, 1.807) is 18.3 Å². The molecule has 76 valence electrons. The van der Waals surface area contributed by atoms with Crippen LogP contribution in [-0.2, 0) is 0 Å². The summed E-state index contributed by atoms with van der Waals surface area (Å²) in [5.41, 5.74) is 11.8. The third kappa shape index (κ3) is 1.79. The third-order valence-electron chi connectivity index (χ3n) is 1.78. The van der Waals surface area contributed by atoms with Gasteiger partial charge in [-0.15, -0.1) is 0 Å². The highest BCUT2D eigenvalue weighted by Crippen LogP contribution is 2.27. The van der Waals surface area contributed by atoms with Gasteiger partial charge in [-0.3, -0.25) is 9.78 Å². The predicted molar refractivity (Wildman–Crippen MR) is 58.3 cm³/mol. The molecule has 0 aliphatic rings. The Hall–Kier alpha value is -1.95. The summed E-state index contributed by atoms with van der Waals surface area (Å²) in [7, 11) is 0. The number of carbonyl (C=O) groups is 1. The Morgan fingerprint density at radius 2 is 2.20 bits per heavy atom. The number of aromatic nitrogens is 2. The molecule has 5 nitrogen and oxygen atoms in total. The van der Waals surface area contributed by atoms with Gasteiger partial charge in [0.25, 0.3) is 5.91 Å². The number of thiazole rings is 1. The molecule has 0 unspecified atom stereocenters. The molecule has 2 aromatic rings. The lowest BCUT2D eigenvalue weighted by Crippen LogP contribution is -2.10. The van der Waals surface area contributed by atoms with Gasteiger partial charge in [0.15, 0.2) is 5.13 Å². The zero-order valence-corrected chi connectivity index (χ0v) is 8.49. The largest absolute Gasteiger partial charge is 0.375 e. The molecule has 0 bridgehead atoms. The summed E-state index contributed by atoms with van der Waals surface area (Å²) in [4.78, 5) is 19.6. The van der Waals surface area contributed by atoms with E-state index in [0.29, 0.717) is 21.4 Å². The van der Waals surface area contributed by atoms with Crippen molar-refractivity contribution >= 4 is 22.4 Å². The molecule has 2 aromatic heterocycles. The van der Waals surface area contributed by atoms with Crippen LogP contribution in [0.5, 0.6) is 0 Å². The summed E-state index contributed by atoms with van der Waals surface area (Å²) in [6, 6.07) is 5.34. The Morgan fingerprint density at radius 1 is 1.40 bits per heavy atom. The fourth-order valence-electron chi connectivity index (χ4n) is 1.18. The number of nitrogens with zero attached hydrogens (tertiary/aromatic N) is 2. The number of carbonyl (C=O) groups excluding carboxylic acids is 1. The maximum absolute atomic E-state index is 11.1. The summed E-state index contributed by atoms with van der Waals surface area (Å²) in [6.07, 6.45) is 1.62. The number of nitrogen functional groups attached to an aromatic ring is 1. The molecule has 0 aromatic carbocycles. The van der Waals surface area contributed by atoms with Crippen LogP contribution in [0.1, 0.15) is 9.67 Å². The molecule has 0 fully saturated rings. The van der Waals surface area contributed by atoms with Gasteiger partial charge in [0.05, 0.1) is 5.69 Å². The monoisotopic (exact) mass is 220 g/mol. The van der Waals surface area contributed by atoms with Crippen molar-refractivity contribution in [1.29, 1.82) is 0 Å². The van der Waals surface area contributed by atoms with Crippen LogP contribution in [0.4, 0.5) is 5.13 Å². The quantitative estimate of drug-likeness (QED) is 0.785. The minimum atomic E-state index is -0.537. The SMILES string of the molecule is NC(=O)c1sc(N)nc1-c1ccccn1. The lowest BCUT2D eigenvalue weighted by Gasteiger charge is -1.96. The molecule has 2 heterocycles. The standard InChI is InChI=1S/C9H8N4OS/c10-8(14)7-6(13-9(11)15-7)5-3-1-2-4-12-5/h1-4H,(H2,10,14)(H2,11,13). The number of hydrogen-bond acceptors (Lipinski definition) is 5. The number of anilines is 1. The maximum atomic E-state index is 11.1. The summed E-state index contributed by atoms with van der Waals surface area (Å²) < 4.78 is 0. The number of amides is 1. The Kier molecular flexibility index (Phi) is 2.34. The summed E-state index contributed by atoms with van der Waals surface area (Å²) in [6.45, 7) is 0. The van der Waals surface area contributed by atoms with E-state index < -0.39 is 5.91 Å². The van der Waals surface area contributed by atoms with Crippen molar-refractivity contribution < 1.29 is 4.79 Å². The van der Waals surface area contributed by atoms with Crippen LogP contribution in [0.3, 0.4) is 0 Å². The number of nitrogens with two attached hydrogens (primary N) is 2. The highest BCUT2D eigenvalue weighted by molar-refractivity contribution is 7.17. The van der Waals surface area contributed by atoms with Crippen molar-refractivity contribution in [1.82, 2.24) is 9.97 Å². The van der Waals surface area contributed by atoms with Crippen LogP contribution < -0.4 is 11.5 Å². The average Bonchev–Trinajstić information content (AvgIpc) is 2.62. The van der Waals surface area contributed by atoms with Crippen molar-refractivity contribution in [2.75, 3.05) is 5.73 Å². The molecule has 4 N–H and O–H groups in total. The first-order chi connectivity index (χ1) is 7.18. The van der Waals surface area contributed by atoms with Crippen LogP contribution in [-0.4, -0.2) is 15.9 Å². The smallest absolute Gasteiger partial charge is 0.261 e. The Labute approximate surface area is 89.8 Å². The van der Waals surface area contributed by atoms with Gasteiger partial charge in [0, 0.05) is 6.20 Å². The van der Waals surface area contributed by atoms with E-state index in [9.17, 15) is 4.79 Å². The van der Waals surface area contributed by atoms with Crippen LogP contribution in [0.15, 0.2) is 24.4 Å². The van der Waals surface area contributed by atoms with Gasteiger partial charge in [0.2, 0.25) is 0 Å². The van der Waals surface area contributed by atoms with Crippen molar-refractivity contribution in [2.45, 2.75) is 0 Å². The van der Waals surface area contributed by atoms with Gasteiger partial charge in [-0.05, 0) is 12.1 Å². The zero-order valence-electron chi connectivity index (χ0n) is 7.68. The molecule has 0 aliphatic heterocycles. The van der Waals surface area contributed by atoms with E-state index in [1.165, 1.54) is 0 Å². The van der Waals surface area contributed by atoms with E-state index in [-0.39, 0.29) is 0 Å². The maximum Gasteiger partial charge on any atom is 0.261 e. The highest BCUT2D eigenvalue weighted by Gasteiger charge is 2.16. The highest BCUT2D eigenvalue weighted by atomic mass is 32.1. The van der Waals surface area contributed by atoms with Gasteiger partial charge in [0.1, 0.15) is 10.6 Å². The molecule has 0 saturated carbocycles. The summed E-state index contributed by atoms with van der Waals surface area (Å²) in [5.74, 6) is -0.537. The molecule has 0 aliphatic carbocycles. The minimum Gasteiger partial charge on any atom is -0.375 e. The summed E-state index contributed by atoms with van der Waals surface area (Å²) >= 11 is 1.07. The predicted octanol–water partition coefficient (Wildman–Crippen LogP) is 0.886. The average molecular weight is 220 g/mol. The molecule has 6 heteroatoms. The van der Waals surface area contributed by atoms with Crippen LogP contribution >= 0.6 is 11.3 Å². The molecule has 0 radical (unpaired) electrons. The lowest BCUT2D eigenvalue weighted by molar-refractivity contribution is 0.100. The second kappa shape index (κ2) is 3.66. The minimum absolute atomic E-state index is 0.310. The van der Waals surface area contributed by atoms with E-state index in [0.717, 1.165) is 11.3 Å². The van der Waals surface area contributed by atoms with Crippen molar-refractivity contribution in [2.24, 2.45) is 5.73 Å². The van der Waals surface area contributed by atoms with Gasteiger partial charge < -0.3 is 11.5 Å². The Balaban J connectivity index is 2.58. The number of primary amides is 1. The molecule has 0 spiro atoms. The molecule has 0 saturated heterocycles. The first-order valence-electron chi connectivity index (χ1n) is 4.16. The van der Waals surface area contributed by atoms with E-state index in [2.05, 4.69) is 9.97 Å². The first-order valence-corrected chi connectivity index (χ1v) is 4.97. The first kappa shape index (κ1) is 9.60. The Morgan fingerprint density at radius 3 is 2.80 bits per heavy atom. The van der Waals surface area contributed by atoms with Crippen LogP contribution in [0, 0.1) is 0 Å². The van der Waals surface area contributed by atoms with Gasteiger partial charge in [-0.25, -0.2) is 4.98 Å². The Bertz CT molecular complexity index is 494. The second-order valence-electron chi connectivity index (χ2n) is 2.81. The fourth-order valence-corrected chi connectivity index (χ4v) is 1.87. The molecule has 1 amide bonds. The molecular weight excluding hydrogens is 212 g/mol. The molecule has 15 heavy (non-hydrogen) atoms. The van der Waals surface area contributed by atoms with Crippen LogP contribution in [0.25, 0.3) is 11.4 Å². The normalized spacial score (nSPS) is 10.1. The lowest BCUT2D eigenvalue weighted by atomic mass is 10.2. The second-order valence-corrected chi connectivity index (χ2v) is 3.84. The fraction of sp³-hybridized carbons (Fsp3) is 0.